The lowest BCUT2D eigenvalue weighted by molar-refractivity contribution is -0.858. The Bertz CT molecular complexity index is 857. The van der Waals surface area contributed by atoms with Crippen LogP contribution in [-0.2, 0) is 9.59 Å². The Morgan fingerprint density at radius 3 is 2.52 bits per heavy atom. The molecule has 0 spiro atoms. The molecule has 2 heterocycles. The van der Waals surface area contributed by atoms with Crippen LogP contribution >= 0.6 is 11.6 Å². The van der Waals surface area contributed by atoms with Gasteiger partial charge in [-0.1, -0.05) is 11.6 Å². The minimum Gasteiger partial charge on any atom is -0.507 e. The first-order chi connectivity index (χ1) is 12.9. The number of amides is 1. The number of nitrogens with zero attached hydrogens (tertiary/aromatic N) is 1. The average Bonchev–Trinajstić information content (AvgIpc) is 3.24. The van der Waals surface area contributed by atoms with E-state index in [1.165, 1.54) is 16.1 Å². The van der Waals surface area contributed by atoms with Gasteiger partial charge in [0.2, 0.25) is 0 Å². The van der Waals surface area contributed by atoms with Gasteiger partial charge in [0.05, 0.1) is 32.5 Å². The van der Waals surface area contributed by atoms with Gasteiger partial charge in [0.25, 0.3) is 11.7 Å². The van der Waals surface area contributed by atoms with E-state index >= 15 is 0 Å². The summed E-state index contributed by atoms with van der Waals surface area (Å²) < 4.78 is 5.49. The van der Waals surface area contributed by atoms with Crippen LogP contribution in [0.2, 0.25) is 5.02 Å². The first-order valence-electron chi connectivity index (χ1n) is 8.77. The number of aliphatic hydroxyl groups is 1. The zero-order chi connectivity index (χ0) is 19.6. The summed E-state index contributed by atoms with van der Waals surface area (Å²) in [7, 11) is 4.05. The van der Waals surface area contributed by atoms with E-state index in [-0.39, 0.29) is 11.3 Å². The molecule has 2 N–H and O–H groups in total. The van der Waals surface area contributed by atoms with Gasteiger partial charge in [0, 0.05) is 23.6 Å². The van der Waals surface area contributed by atoms with Crippen LogP contribution in [0, 0.1) is 0 Å². The lowest BCUT2D eigenvalue weighted by atomic mass is 9.99. The van der Waals surface area contributed by atoms with Crippen LogP contribution in [0.3, 0.4) is 0 Å². The Balaban J connectivity index is 2.03. The highest BCUT2D eigenvalue weighted by Crippen LogP contribution is 2.39. The predicted molar refractivity (Wildman–Crippen MR) is 101 cm³/mol. The third kappa shape index (κ3) is 3.91. The van der Waals surface area contributed by atoms with Gasteiger partial charge >= 0.3 is 0 Å². The molecule has 1 aromatic heterocycles. The highest BCUT2D eigenvalue weighted by atomic mass is 35.5. The van der Waals surface area contributed by atoms with Gasteiger partial charge in [-0.15, -0.1) is 0 Å². The number of hydrogen-bond donors (Lipinski definition) is 2. The van der Waals surface area contributed by atoms with E-state index in [1.54, 1.807) is 36.4 Å². The molecule has 6 nitrogen and oxygen atoms in total. The third-order valence-corrected chi connectivity index (χ3v) is 4.80. The highest BCUT2D eigenvalue weighted by Gasteiger charge is 2.47. The molecule has 0 radical (unpaired) electrons. The normalized spacial score (nSPS) is 19.3. The second kappa shape index (κ2) is 7.98. The van der Waals surface area contributed by atoms with Crippen molar-refractivity contribution in [1.82, 2.24) is 4.90 Å². The van der Waals surface area contributed by atoms with Crippen LogP contribution in [0.4, 0.5) is 0 Å². The molecule has 1 aromatic carbocycles. The number of nitrogens with one attached hydrogen (secondary N) is 1. The number of benzene rings is 1. The summed E-state index contributed by atoms with van der Waals surface area (Å²) in [6, 6.07) is 9.12. The van der Waals surface area contributed by atoms with Crippen LogP contribution in [0.5, 0.6) is 0 Å². The van der Waals surface area contributed by atoms with Crippen LogP contribution in [-0.4, -0.2) is 48.9 Å². The minimum atomic E-state index is -0.743. The van der Waals surface area contributed by atoms with E-state index in [0.717, 1.165) is 13.0 Å². The topological polar surface area (TPSA) is 75.2 Å². The van der Waals surface area contributed by atoms with E-state index in [2.05, 4.69) is 0 Å². The van der Waals surface area contributed by atoms with Crippen LogP contribution in [0.1, 0.15) is 23.8 Å². The standard InChI is InChI=1S/C20H21ClN2O4/c1-22(2)10-4-11-23-17(15-5-3-12-27-15)16(19(25)20(23)26)18(24)13-6-8-14(21)9-7-13/h3,5-9,12,17,24H,4,10-11H2,1-2H3/p+1. The molecule has 1 amide bonds. The SMILES string of the molecule is C[NH+](C)CCCN1C(=O)C(=O)C(=C(O)c2ccc(Cl)cc2)C1c1ccco1. The Labute approximate surface area is 162 Å². The lowest BCUT2D eigenvalue weighted by Crippen LogP contribution is -3.05. The number of hydrogen-bond acceptors (Lipinski definition) is 4. The molecule has 142 valence electrons. The van der Waals surface area contributed by atoms with Crippen molar-refractivity contribution >= 4 is 29.1 Å². The van der Waals surface area contributed by atoms with E-state index < -0.39 is 17.7 Å². The number of aliphatic hydroxyl groups excluding tert-OH is 1. The van der Waals surface area contributed by atoms with Gasteiger partial charge in [0.15, 0.2) is 0 Å². The van der Waals surface area contributed by atoms with E-state index in [9.17, 15) is 14.7 Å². The maximum Gasteiger partial charge on any atom is 0.295 e. The molecule has 1 fully saturated rings. The van der Waals surface area contributed by atoms with Crippen molar-refractivity contribution in [3.05, 3.63) is 64.6 Å². The maximum atomic E-state index is 12.7. The quantitative estimate of drug-likeness (QED) is 0.449. The van der Waals surface area contributed by atoms with Crippen molar-refractivity contribution in [1.29, 1.82) is 0 Å². The Morgan fingerprint density at radius 2 is 1.93 bits per heavy atom. The van der Waals surface area contributed by atoms with Crippen molar-refractivity contribution in [2.24, 2.45) is 0 Å². The molecule has 3 rings (SSSR count). The summed E-state index contributed by atoms with van der Waals surface area (Å²) >= 11 is 5.90. The number of Topliss-reactive ketones (excluding diaryl/α,β-unsaturated/α-hetero) is 1. The molecule has 0 saturated carbocycles. The van der Waals surface area contributed by atoms with Crippen molar-refractivity contribution in [3.63, 3.8) is 0 Å². The van der Waals surface area contributed by atoms with E-state index in [1.807, 2.05) is 14.1 Å². The number of halogens is 1. The minimum absolute atomic E-state index is 0.0365. The molecule has 1 saturated heterocycles. The van der Waals surface area contributed by atoms with Gasteiger partial charge in [-0.2, -0.15) is 0 Å². The summed E-state index contributed by atoms with van der Waals surface area (Å²) in [6.07, 6.45) is 2.22. The largest absolute Gasteiger partial charge is 0.507 e. The van der Waals surface area contributed by atoms with Crippen molar-refractivity contribution in [2.45, 2.75) is 12.5 Å². The molecule has 0 bridgehead atoms. The summed E-state index contributed by atoms with van der Waals surface area (Å²) in [6.45, 7) is 1.25. The number of quaternary nitrogens is 1. The highest BCUT2D eigenvalue weighted by molar-refractivity contribution is 6.46. The number of furan rings is 1. The second-order valence-electron chi connectivity index (χ2n) is 6.83. The molecule has 1 aliphatic heterocycles. The van der Waals surface area contributed by atoms with Crippen LogP contribution in [0.25, 0.3) is 5.76 Å². The number of carbonyl (C=O) groups excluding carboxylic acids is 2. The molecule has 1 aliphatic rings. The summed E-state index contributed by atoms with van der Waals surface area (Å²) in [5.41, 5.74) is 0.459. The van der Waals surface area contributed by atoms with Crippen molar-refractivity contribution in [2.75, 3.05) is 27.2 Å². The lowest BCUT2D eigenvalue weighted by Gasteiger charge is -2.23. The van der Waals surface area contributed by atoms with Gasteiger partial charge in [-0.25, -0.2) is 0 Å². The molecular weight excluding hydrogens is 368 g/mol. The molecule has 27 heavy (non-hydrogen) atoms. The Morgan fingerprint density at radius 1 is 1.22 bits per heavy atom. The van der Waals surface area contributed by atoms with E-state index in [4.69, 9.17) is 16.0 Å². The molecule has 1 unspecified atom stereocenters. The fourth-order valence-corrected chi connectivity index (χ4v) is 3.35. The fourth-order valence-electron chi connectivity index (χ4n) is 3.22. The molecule has 0 aliphatic carbocycles. The number of carbonyl (C=O) groups is 2. The number of rotatable bonds is 6. The van der Waals surface area contributed by atoms with Gasteiger partial charge in [-0.3, -0.25) is 9.59 Å². The van der Waals surface area contributed by atoms with Gasteiger partial charge < -0.3 is 19.3 Å². The second-order valence-corrected chi connectivity index (χ2v) is 7.26. The zero-order valence-corrected chi connectivity index (χ0v) is 16.0. The van der Waals surface area contributed by atoms with Crippen molar-refractivity contribution in [3.8, 4) is 0 Å². The van der Waals surface area contributed by atoms with E-state index in [0.29, 0.717) is 22.9 Å². The summed E-state index contributed by atoms with van der Waals surface area (Å²) in [4.78, 5) is 28.1. The van der Waals surface area contributed by atoms with Gasteiger partial charge in [-0.05, 0) is 36.4 Å². The smallest absolute Gasteiger partial charge is 0.295 e. The predicted octanol–water partition coefficient (Wildman–Crippen LogP) is 1.89. The average molecular weight is 390 g/mol. The van der Waals surface area contributed by atoms with Crippen LogP contribution in [0.15, 0.2) is 52.7 Å². The zero-order valence-electron chi connectivity index (χ0n) is 15.2. The fraction of sp³-hybridized carbons (Fsp3) is 0.300. The molecule has 7 heteroatoms. The Hall–Kier alpha value is -2.57. The third-order valence-electron chi connectivity index (χ3n) is 4.55. The Kier molecular flexibility index (Phi) is 5.68. The summed E-state index contributed by atoms with van der Waals surface area (Å²) in [5, 5.41) is 11.3. The molecular formula is C20H22ClN2O4+. The van der Waals surface area contributed by atoms with Crippen molar-refractivity contribution < 1.29 is 24.0 Å². The first kappa shape index (κ1) is 19.2. The maximum absolute atomic E-state index is 12.7. The van der Waals surface area contributed by atoms with Gasteiger partial charge in [0.1, 0.15) is 17.6 Å². The monoisotopic (exact) mass is 389 g/mol. The molecule has 1 atom stereocenters. The number of ketones is 1. The first-order valence-corrected chi connectivity index (χ1v) is 9.14. The number of likely N-dealkylation sites (tertiary alicyclic amines) is 1. The van der Waals surface area contributed by atoms with Crippen LogP contribution < -0.4 is 4.90 Å². The molecule has 2 aromatic rings. The summed E-state index contributed by atoms with van der Waals surface area (Å²) in [5.74, 6) is -1.12.